The van der Waals surface area contributed by atoms with Crippen LogP contribution in [-0.4, -0.2) is 28.6 Å². The van der Waals surface area contributed by atoms with Crippen molar-refractivity contribution < 1.29 is 14.7 Å². The van der Waals surface area contributed by atoms with Crippen LogP contribution in [0.4, 0.5) is 4.79 Å². The number of carbonyl (C=O) groups is 2. The number of amides is 2. The van der Waals surface area contributed by atoms with E-state index in [-0.39, 0.29) is 18.5 Å². The number of aliphatic carboxylic acids is 1. The van der Waals surface area contributed by atoms with E-state index in [1.54, 1.807) is 6.20 Å². The van der Waals surface area contributed by atoms with Gasteiger partial charge in [0.25, 0.3) is 0 Å². The predicted octanol–water partition coefficient (Wildman–Crippen LogP) is 2.40. The number of nitrogens with one attached hydrogen (secondary N) is 2. The summed E-state index contributed by atoms with van der Waals surface area (Å²) in [6.45, 7) is 0.317. The van der Waals surface area contributed by atoms with Crippen LogP contribution in [0.2, 0.25) is 0 Å². The molecule has 1 atom stereocenters. The second-order valence-corrected chi connectivity index (χ2v) is 5.54. The lowest BCUT2D eigenvalue weighted by Gasteiger charge is -2.17. The van der Waals surface area contributed by atoms with Gasteiger partial charge in [0.2, 0.25) is 0 Å². The molecule has 1 heterocycles. The molecule has 0 bridgehead atoms. The lowest BCUT2D eigenvalue weighted by Crippen LogP contribution is -2.38. The molecule has 0 saturated heterocycles. The predicted molar refractivity (Wildman–Crippen MR) is 83.8 cm³/mol. The molecule has 1 aromatic heterocycles. The van der Waals surface area contributed by atoms with Crippen molar-refractivity contribution in [3.8, 4) is 0 Å². The molecule has 0 spiro atoms. The average Bonchev–Trinajstić information content (AvgIpc) is 3.04. The smallest absolute Gasteiger partial charge is 0.315 e. The highest BCUT2D eigenvalue weighted by Gasteiger charge is 2.18. The molecule has 1 unspecified atom stereocenters. The molecule has 2 rings (SSSR count). The van der Waals surface area contributed by atoms with Gasteiger partial charge in [-0.1, -0.05) is 30.3 Å². The fraction of sp³-hybridized carbons (Fsp3) is 0.267. The topological polar surface area (TPSA) is 91.3 Å². The van der Waals surface area contributed by atoms with Gasteiger partial charge in [0.1, 0.15) is 11.0 Å². The Morgan fingerprint density at radius 2 is 2.05 bits per heavy atom. The molecule has 0 radical (unpaired) electrons. The van der Waals surface area contributed by atoms with Crippen molar-refractivity contribution in [1.82, 2.24) is 15.6 Å². The third-order valence-corrected chi connectivity index (χ3v) is 3.80. The minimum atomic E-state index is -0.868. The Morgan fingerprint density at radius 1 is 1.27 bits per heavy atom. The molecule has 0 fully saturated rings. The van der Waals surface area contributed by atoms with E-state index in [9.17, 15) is 9.59 Å². The molecular formula is C15H17N3O3S. The molecule has 6 nitrogen and oxygen atoms in total. The van der Waals surface area contributed by atoms with Crippen molar-refractivity contribution in [3.05, 3.63) is 52.5 Å². The summed E-state index contributed by atoms with van der Waals surface area (Å²) >= 11 is 1.47. The van der Waals surface area contributed by atoms with Crippen molar-refractivity contribution in [2.75, 3.05) is 6.54 Å². The van der Waals surface area contributed by atoms with Crippen LogP contribution in [0.1, 0.15) is 29.5 Å². The number of urea groups is 1. The van der Waals surface area contributed by atoms with Crippen LogP contribution in [0.5, 0.6) is 0 Å². The molecule has 2 amide bonds. The van der Waals surface area contributed by atoms with Gasteiger partial charge >= 0.3 is 12.0 Å². The summed E-state index contributed by atoms with van der Waals surface area (Å²) in [4.78, 5) is 26.7. The maximum absolute atomic E-state index is 12.0. The molecule has 2 aromatic rings. The highest BCUT2D eigenvalue weighted by molar-refractivity contribution is 7.09. The Bertz CT molecular complexity index is 602. The summed E-state index contributed by atoms with van der Waals surface area (Å²) in [5.74, 6) is -0.868. The summed E-state index contributed by atoms with van der Waals surface area (Å²) in [5, 5.41) is 16.8. The Kier molecular flexibility index (Phi) is 5.91. The van der Waals surface area contributed by atoms with Gasteiger partial charge < -0.3 is 15.7 Å². The van der Waals surface area contributed by atoms with Gasteiger partial charge in [-0.05, 0) is 12.0 Å². The van der Waals surface area contributed by atoms with E-state index in [0.29, 0.717) is 13.0 Å². The molecule has 22 heavy (non-hydrogen) atoms. The average molecular weight is 319 g/mol. The van der Waals surface area contributed by atoms with Gasteiger partial charge in [0.15, 0.2) is 0 Å². The van der Waals surface area contributed by atoms with Crippen molar-refractivity contribution >= 4 is 23.3 Å². The Morgan fingerprint density at radius 3 is 2.68 bits per heavy atom. The Hall–Kier alpha value is -2.41. The quantitative estimate of drug-likeness (QED) is 0.683. The first-order valence-corrected chi connectivity index (χ1v) is 7.75. The number of aromatic nitrogens is 1. The summed E-state index contributed by atoms with van der Waals surface area (Å²) < 4.78 is 0. The van der Waals surface area contributed by atoms with Crippen LogP contribution in [0.15, 0.2) is 41.9 Å². The van der Waals surface area contributed by atoms with Crippen LogP contribution < -0.4 is 10.6 Å². The van der Waals surface area contributed by atoms with Gasteiger partial charge in [-0.3, -0.25) is 4.79 Å². The molecule has 0 aliphatic carbocycles. The first-order chi connectivity index (χ1) is 10.7. The zero-order chi connectivity index (χ0) is 15.8. The normalized spacial score (nSPS) is 11.6. The molecular weight excluding hydrogens is 302 g/mol. The van der Waals surface area contributed by atoms with Crippen LogP contribution in [0, 0.1) is 0 Å². The third kappa shape index (κ3) is 4.85. The highest BCUT2D eigenvalue weighted by Crippen LogP contribution is 2.23. The maximum Gasteiger partial charge on any atom is 0.315 e. The number of carbonyl (C=O) groups excluding carboxylic acids is 1. The third-order valence-electron chi connectivity index (χ3n) is 2.96. The lowest BCUT2D eigenvalue weighted by molar-refractivity contribution is -0.137. The number of rotatable bonds is 7. The molecule has 0 aliphatic heterocycles. The molecule has 0 saturated carbocycles. The molecule has 7 heteroatoms. The van der Waals surface area contributed by atoms with E-state index >= 15 is 0 Å². The van der Waals surface area contributed by atoms with E-state index in [1.807, 2.05) is 35.7 Å². The van der Waals surface area contributed by atoms with E-state index in [1.165, 1.54) is 11.3 Å². The monoisotopic (exact) mass is 319 g/mol. The minimum Gasteiger partial charge on any atom is -0.481 e. The first kappa shape index (κ1) is 16.0. The number of benzene rings is 1. The molecule has 0 aliphatic rings. The van der Waals surface area contributed by atoms with Gasteiger partial charge in [0.05, 0.1) is 0 Å². The van der Waals surface area contributed by atoms with E-state index in [0.717, 1.165) is 10.6 Å². The van der Waals surface area contributed by atoms with Gasteiger partial charge in [-0.25, -0.2) is 9.78 Å². The van der Waals surface area contributed by atoms with E-state index < -0.39 is 5.97 Å². The van der Waals surface area contributed by atoms with Gasteiger partial charge in [-0.15, -0.1) is 11.3 Å². The van der Waals surface area contributed by atoms with Crippen molar-refractivity contribution in [1.29, 1.82) is 0 Å². The number of nitrogens with zero attached hydrogens (tertiary/aromatic N) is 1. The van der Waals surface area contributed by atoms with Crippen LogP contribution in [0.3, 0.4) is 0 Å². The fourth-order valence-electron chi connectivity index (χ4n) is 1.93. The maximum atomic E-state index is 12.0. The minimum absolute atomic E-state index is 0.0366. The van der Waals surface area contributed by atoms with Crippen molar-refractivity contribution in [2.45, 2.75) is 18.9 Å². The van der Waals surface area contributed by atoms with Crippen molar-refractivity contribution in [2.24, 2.45) is 0 Å². The van der Waals surface area contributed by atoms with Crippen LogP contribution in [0.25, 0.3) is 0 Å². The highest BCUT2D eigenvalue weighted by atomic mass is 32.1. The number of carboxylic acids is 1. The second-order valence-electron chi connectivity index (χ2n) is 4.61. The number of hydrogen-bond acceptors (Lipinski definition) is 4. The summed E-state index contributed by atoms with van der Waals surface area (Å²) in [5.41, 5.74) is 0.943. The largest absolute Gasteiger partial charge is 0.481 e. The molecule has 1 aromatic carbocycles. The SMILES string of the molecule is O=C(O)CCCNC(=O)NC(c1ccccc1)c1nccs1. The summed E-state index contributed by atoms with van der Waals surface area (Å²) in [6.07, 6.45) is 2.13. The van der Waals surface area contributed by atoms with E-state index in [4.69, 9.17) is 5.11 Å². The number of carboxylic acid groups (broad SMARTS) is 1. The van der Waals surface area contributed by atoms with Crippen LogP contribution in [-0.2, 0) is 4.79 Å². The van der Waals surface area contributed by atoms with Crippen LogP contribution >= 0.6 is 11.3 Å². The van der Waals surface area contributed by atoms with Gasteiger partial charge in [-0.2, -0.15) is 0 Å². The Labute approximate surface area is 132 Å². The van der Waals surface area contributed by atoms with Crippen molar-refractivity contribution in [3.63, 3.8) is 0 Å². The standard InChI is InChI=1S/C15H17N3O3S/c19-12(20)7-4-8-17-15(21)18-13(14-16-9-10-22-14)11-5-2-1-3-6-11/h1-3,5-6,9-10,13H,4,7-8H2,(H,19,20)(H2,17,18,21). The fourth-order valence-corrected chi connectivity index (χ4v) is 2.65. The summed E-state index contributed by atoms with van der Waals surface area (Å²) in [6, 6.07) is 8.92. The summed E-state index contributed by atoms with van der Waals surface area (Å²) in [7, 11) is 0. The number of hydrogen-bond donors (Lipinski definition) is 3. The van der Waals surface area contributed by atoms with E-state index in [2.05, 4.69) is 15.6 Å². The number of thiazole rings is 1. The van der Waals surface area contributed by atoms with Gasteiger partial charge in [0, 0.05) is 24.5 Å². The Balaban J connectivity index is 1.96. The zero-order valence-electron chi connectivity index (χ0n) is 11.9. The lowest BCUT2D eigenvalue weighted by atomic mass is 10.1. The second kappa shape index (κ2) is 8.14. The zero-order valence-corrected chi connectivity index (χ0v) is 12.7. The molecule has 3 N–H and O–H groups in total. The first-order valence-electron chi connectivity index (χ1n) is 6.87. The molecule has 116 valence electrons.